The second-order valence-corrected chi connectivity index (χ2v) is 5.83. The highest BCUT2D eigenvalue weighted by molar-refractivity contribution is 6.54. The van der Waals surface area contributed by atoms with Gasteiger partial charge < -0.3 is 0 Å². The SMILES string of the molecule is C[C@@H](CCCCCl)[Si]c1ccccc1. The first-order valence-corrected chi connectivity index (χ1v) is 6.81. The summed E-state index contributed by atoms with van der Waals surface area (Å²) in [6, 6.07) is 10.8. The monoisotopic (exact) mass is 224 g/mol. The van der Waals surface area contributed by atoms with Crippen molar-refractivity contribution in [2.24, 2.45) is 0 Å². The molecular weight excluding hydrogens is 208 g/mol. The van der Waals surface area contributed by atoms with Crippen LogP contribution in [-0.2, 0) is 0 Å². The fraction of sp³-hybridized carbons (Fsp3) is 0.500. The summed E-state index contributed by atoms with van der Waals surface area (Å²) >= 11 is 5.65. The van der Waals surface area contributed by atoms with E-state index in [0.717, 1.165) is 27.4 Å². The van der Waals surface area contributed by atoms with Gasteiger partial charge in [-0.05, 0) is 12.0 Å². The van der Waals surface area contributed by atoms with Gasteiger partial charge in [-0.25, -0.2) is 0 Å². The van der Waals surface area contributed by atoms with Crippen molar-refractivity contribution >= 4 is 26.3 Å². The average Bonchev–Trinajstić information content (AvgIpc) is 2.20. The average molecular weight is 225 g/mol. The Hall–Kier alpha value is -0.273. The summed E-state index contributed by atoms with van der Waals surface area (Å²) in [5, 5.41) is 1.48. The van der Waals surface area contributed by atoms with E-state index in [1.54, 1.807) is 0 Å². The summed E-state index contributed by atoms with van der Waals surface area (Å²) in [5.41, 5.74) is 0.806. The Labute approximate surface area is 94.5 Å². The molecule has 2 radical (unpaired) electrons. The molecule has 0 aliphatic carbocycles. The van der Waals surface area contributed by atoms with Crippen molar-refractivity contribution in [2.75, 3.05) is 5.88 Å². The molecular formula is C12H17ClSi. The van der Waals surface area contributed by atoms with Crippen molar-refractivity contribution in [2.45, 2.75) is 31.7 Å². The number of hydrogen-bond donors (Lipinski definition) is 0. The van der Waals surface area contributed by atoms with Crippen molar-refractivity contribution in [1.29, 1.82) is 0 Å². The molecule has 2 heteroatoms. The van der Waals surface area contributed by atoms with E-state index in [1.165, 1.54) is 18.0 Å². The third-order valence-corrected chi connectivity index (χ3v) is 3.92. The second kappa shape index (κ2) is 7.08. The molecule has 0 saturated carbocycles. The summed E-state index contributed by atoms with van der Waals surface area (Å²) < 4.78 is 0. The molecule has 0 saturated heterocycles. The zero-order valence-corrected chi connectivity index (χ0v) is 10.4. The summed E-state index contributed by atoms with van der Waals surface area (Å²) in [4.78, 5) is 0. The van der Waals surface area contributed by atoms with E-state index < -0.39 is 0 Å². The van der Waals surface area contributed by atoms with Crippen LogP contribution in [0.3, 0.4) is 0 Å². The Kier molecular flexibility index (Phi) is 5.96. The van der Waals surface area contributed by atoms with Crippen LogP contribution in [0, 0.1) is 0 Å². The normalized spacial score (nSPS) is 12.7. The van der Waals surface area contributed by atoms with E-state index in [-0.39, 0.29) is 0 Å². The maximum atomic E-state index is 5.65. The van der Waals surface area contributed by atoms with Crippen molar-refractivity contribution in [1.82, 2.24) is 0 Å². The Morgan fingerprint density at radius 1 is 1.21 bits per heavy atom. The molecule has 0 bridgehead atoms. The van der Waals surface area contributed by atoms with Gasteiger partial charge >= 0.3 is 0 Å². The van der Waals surface area contributed by atoms with Crippen LogP contribution < -0.4 is 5.19 Å². The zero-order chi connectivity index (χ0) is 10.2. The molecule has 0 aliphatic heterocycles. The standard InChI is InChI=1S/C12H17ClSi/c1-11(7-5-6-10-13)14-12-8-3-2-4-9-12/h2-4,8-9,11H,5-7,10H2,1H3/t11-/m0/s1. The minimum absolute atomic E-state index is 0.806. The van der Waals surface area contributed by atoms with Crippen LogP contribution in [0.2, 0.25) is 5.54 Å². The quantitative estimate of drug-likeness (QED) is 0.396. The van der Waals surface area contributed by atoms with E-state index in [1.807, 2.05) is 0 Å². The number of halogens is 1. The fourth-order valence-corrected chi connectivity index (χ4v) is 2.93. The molecule has 0 aliphatic rings. The first-order valence-electron chi connectivity index (χ1n) is 5.20. The summed E-state index contributed by atoms with van der Waals surface area (Å²) in [7, 11) is 0.946. The number of rotatable bonds is 6. The summed E-state index contributed by atoms with van der Waals surface area (Å²) in [5.74, 6) is 0.807. The van der Waals surface area contributed by atoms with E-state index in [0.29, 0.717) is 0 Å². The molecule has 1 aromatic carbocycles. The largest absolute Gasteiger partial charge is 0.127 e. The Bertz CT molecular complexity index is 235. The van der Waals surface area contributed by atoms with Gasteiger partial charge in [-0.1, -0.05) is 55.3 Å². The molecule has 0 spiro atoms. The molecule has 0 heterocycles. The van der Waals surface area contributed by atoms with Gasteiger partial charge in [-0.15, -0.1) is 11.6 Å². The molecule has 14 heavy (non-hydrogen) atoms. The second-order valence-electron chi connectivity index (χ2n) is 3.60. The van der Waals surface area contributed by atoms with Crippen molar-refractivity contribution in [3.8, 4) is 0 Å². The van der Waals surface area contributed by atoms with Gasteiger partial charge in [0.1, 0.15) is 0 Å². The lowest BCUT2D eigenvalue weighted by atomic mass is 10.2. The minimum atomic E-state index is 0.806. The molecule has 1 atom stereocenters. The first-order chi connectivity index (χ1) is 6.83. The third kappa shape index (κ3) is 4.82. The van der Waals surface area contributed by atoms with Gasteiger partial charge in [0.15, 0.2) is 0 Å². The van der Waals surface area contributed by atoms with Gasteiger partial charge in [0.25, 0.3) is 0 Å². The molecule has 0 fully saturated rings. The number of unbranched alkanes of at least 4 members (excludes halogenated alkanes) is 1. The van der Waals surface area contributed by atoms with E-state index in [9.17, 15) is 0 Å². The molecule has 0 unspecified atom stereocenters. The van der Waals surface area contributed by atoms with E-state index in [4.69, 9.17) is 11.6 Å². The molecule has 0 amide bonds. The fourth-order valence-electron chi connectivity index (χ4n) is 1.44. The Balaban J connectivity index is 2.23. The highest BCUT2D eigenvalue weighted by Gasteiger charge is 2.04. The zero-order valence-electron chi connectivity index (χ0n) is 8.67. The lowest BCUT2D eigenvalue weighted by Crippen LogP contribution is -2.17. The highest BCUT2D eigenvalue weighted by atomic mass is 35.5. The van der Waals surface area contributed by atoms with Crippen molar-refractivity contribution < 1.29 is 0 Å². The minimum Gasteiger partial charge on any atom is -0.127 e. The lowest BCUT2D eigenvalue weighted by molar-refractivity contribution is 0.701. The molecule has 1 aromatic rings. The third-order valence-electron chi connectivity index (χ3n) is 2.21. The van der Waals surface area contributed by atoms with Crippen LogP contribution >= 0.6 is 11.6 Å². The molecule has 76 valence electrons. The predicted molar refractivity (Wildman–Crippen MR) is 65.8 cm³/mol. The van der Waals surface area contributed by atoms with E-state index >= 15 is 0 Å². The molecule has 0 N–H and O–H groups in total. The van der Waals surface area contributed by atoms with Crippen LogP contribution in [0.4, 0.5) is 0 Å². The predicted octanol–water partition coefficient (Wildman–Crippen LogP) is 3.23. The Morgan fingerprint density at radius 3 is 2.57 bits per heavy atom. The van der Waals surface area contributed by atoms with Crippen LogP contribution in [0.1, 0.15) is 26.2 Å². The topological polar surface area (TPSA) is 0 Å². The maximum absolute atomic E-state index is 5.65. The summed E-state index contributed by atoms with van der Waals surface area (Å²) in [6.07, 6.45) is 3.73. The van der Waals surface area contributed by atoms with Crippen LogP contribution in [0.15, 0.2) is 30.3 Å². The van der Waals surface area contributed by atoms with Gasteiger partial charge in [0.2, 0.25) is 0 Å². The van der Waals surface area contributed by atoms with Gasteiger partial charge in [-0.2, -0.15) is 0 Å². The Morgan fingerprint density at radius 2 is 1.93 bits per heavy atom. The number of benzene rings is 1. The lowest BCUT2D eigenvalue weighted by Gasteiger charge is -2.09. The number of alkyl halides is 1. The van der Waals surface area contributed by atoms with Crippen molar-refractivity contribution in [3.63, 3.8) is 0 Å². The van der Waals surface area contributed by atoms with Crippen LogP contribution in [-0.4, -0.2) is 15.4 Å². The van der Waals surface area contributed by atoms with Gasteiger partial charge in [0, 0.05) is 5.88 Å². The smallest absolute Gasteiger partial charge is 0.0839 e. The highest BCUT2D eigenvalue weighted by Crippen LogP contribution is 2.12. The van der Waals surface area contributed by atoms with Crippen LogP contribution in [0.5, 0.6) is 0 Å². The van der Waals surface area contributed by atoms with E-state index in [2.05, 4.69) is 37.3 Å². The first kappa shape index (κ1) is 11.8. The summed E-state index contributed by atoms with van der Waals surface area (Å²) in [6.45, 7) is 2.33. The molecule has 0 nitrogen and oxygen atoms in total. The maximum Gasteiger partial charge on any atom is 0.0839 e. The number of hydrogen-bond acceptors (Lipinski definition) is 0. The van der Waals surface area contributed by atoms with Gasteiger partial charge in [0.05, 0.1) is 9.52 Å². The van der Waals surface area contributed by atoms with Crippen molar-refractivity contribution in [3.05, 3.63) is 30.3 Å². The molecule has 0 aromatic heterocycles. The van der Waals surface area contributed by atoms with Crippen LogP contribution in [0.25, 0.3) is 0 Å². The molecule has 1 rings (SSSR count). The van der Waals surface area contributed by atoms with Gasteiger partial charge in [-0.3, -0.25) is 0 Å².